The molecule has 1 aromatic rings. The number of unbranched alkanes of at least 4 members (excludes halogenated alkanes) is 2. The van der Waals surface area contributed by atoms with Gasteiger partial charge in [0.1, 0.15) is 17.6 Å². The number of carbonyl (C=O) groups is 1. The second-order valence-corrected chi connectivity index (χ2v) is 12.0. The summed E-state index contributed by atoms with van der Waals surface area (Å²) in [7, 11) is 0. The van der Waals surface area contributed by atoms with Gasteiger partial charge in [0.25, 0.3) is 0 Å². The Morgan fingerprint density at radius 2 is 1.57 bits per heavy atom. The zero-order valence-electron chi connectivity index (χ0n) is 22.8. The summed E-state index contributed by atoms with van der Waals surface area (Å²) in [6.45, 7) is 3.16. The van der Waals surface area contributed by atoms with E-state index >= 15 is 0 Å². The predicted octanol–water partition coefficient (Wildman–Crippen LogP) is 8.37. The van der Waals surface area contributed by atoms with Gasteiger partial charge in [-0.2, -0.15) is 5.26 Å². The average molecular weight is 512 g/mol. The summed E-state index contributed by atoms with van der Waals surface area (Å²) < 4.78 is 25.5. The van der Waals surface area contributed by atoms with Gasteiger partial charge in [0.2, 0.25) is 0 Å². The summed E-state index contributed by atoms with van der Waals surface area (Å²) in [4.78, 5) is 12.5. The summed E-state index contributed by atoms with van der Waals surface area (Å²) in [6.07, 6.45) is 20.4. The molecule has 3 aliphatic rings. The minimum absolute atomic E-state index is 0.0498. The van der Waals surface area contributed by atoms with Crippen LogP contribution in [0.2, 0.25) is 0 Å². The van der Waals surface area contributed by atoms with Crippen molar-refractivity contribution in [3.05, 3.63) is 29.6 Å². The Hall–Kier alpha value is -1.93. The van der Waals surface area contributed by atoms with E-state index in [1.807, 2.05) is 0 Å². The van der Waals surface area contributed by atoms with Crippen molar-refractivity contribution >= 4 is 5.97 Å². The van der Waals surface area contributed by atoms with E-state index in [0.29, 0.717) is 5.92 Å². The summed E-state index contributed by atoms with van der Waals surface area (Å²) in [6, 6.07) is 5.70. The molecule has 0 amide bonds. The lowest BCUT2D eigenvalue weighted by Crippen LogP contribution is -2.31. The lowest BCUT2D eigenvalue weighted by molar-refractivity contribution is -0.141. The van der Waals surface area contributed by atoms with Gasteiger partial charge in [-0.05, 0) is 100 Å². The molecule has 0 aromatic heterocycles. The first kappa shape index (κ1) is 28.1. The Kier molecular flexibility index (Phi) is 10.8. The molecular weight excluding hydrogens is 465 g/mol. The van der Waals surface area contributed by atoms with Gasteiger partial charge in [0.15, 0.2) is 0 Å². The second kappa shape index (κ2) is 14.3. The van der Waals surface area contributed by atoms with Crippen molar-refractivity contribution in [3.8, 4) is 11.8 Å². The number of benzene rings is 1. The first-order valence-corrected chi connectivity index (χ1v) is 15.1. The number of carbonyl (C=O) groups excluding carboxylic acids is 1. The molecule has 0 saturated heterocycles. The van der Waals surface area contributed by atoms with Crippen LogP contribution >= 0.6 is 0 Å². The molecule has 204 valence electrons. The fraction of sp³-hybridized carbons (Fsp3) is 0.750. The molecular formula is C32H46FNO3. The molecule has 0 radical (unpaired) electrons. The Labute approximate surface area is 223 Å². The fourth-order valence-electron chi connectivity index (χ4n) is 7.04. The topological polar surface area (TPSA) is 59.3 Å². The zero-order valence-corrected chi connectivity index (χ0v) is 22.8. The van der Waals surface area contributed by atoms with Crippen molar-refractivity contribution in [1.29, 1.82) is 5.26 Å². The molecule has 37 heavy (non-hydrogen) atoms. The first-order chi connectivity index (χ1) is 18.1. The number of nitriles is 1. The highest BCUT2D eigenvalue weighted by atomic mass is 19.1. The van der Waals surface area contributed by atoms with Crippen molar-refractivity contribution in [3.63, 3.8) is 0 Å². The van der Waals surface area contributed by atoms with Crippen LogP contribution in [0.1, 0.15) is 115 Å². The van der Waals surface area contributed by atoms with Gasteiger partial charge in [0.05, 0.1) is 17.6 Å². The highest BCUT2D eigenvalue weighted by Crippen LogP contribution is 2.42. The van der Waals surface area contributed by atoms with E-state index in [2.05, 4.69) is 6.92 Å². The van der Waals surface area contributed by atoms with Gasteiger partial charge in [0, 0.05) is 12.7 Å². The number of rotatable bonds is 10. The fourth-order valence-corrected chi connectivity index (χ4v) is 7.04. The number of halogens is 1. The number of hydrogen-bond acceptors (Lipinski definition) is 4. The molecule has 3 saturated carbocycles. The van der Waals surface area contributed by atoms with Crippen LogP contribution in [0.25, 0.3) is 0 Å². The minimum Gasteiger partial charge on any atom is -0.426 e. The number of nitrogens with zero attached hydrogens (tertiary/aromatic N) is 1. The summed E-state index contributed by atoms with van der Waals surface area (Å²) in [5.74, 6) is 2.63. The Morgan fingerprint density at radius 3 is 2.16 bits per heavy atom. The van der Waals surface area contributed by atoms with Crippen molar-refractivity contribution in [2.75, 3.05) is 6.61 Å². The van der Waals surface area contributed by atoms with Gasteiger partial charge in [-0.3, -0.25) is 4.79 Å². The Bertz CT molecular complexity index is 888. The molecule has 0 atom stereocenters. The normalized spacial score (nSPS) is 30.4. The smallest absolute Gasteiger partial charge is 0.314 e. The van der Waals surface area contributed by atoms with E-state index in [4.69, 9.17) is 14.7 Å². The average Bonchev–Trinajstić information content (AvgIpc) is 2.93. The Morgan fingerprint density at radius 1 is 0.919 bits per heavy atom. The first-order valence-electron chi connectivity index (χ1n) is 15.1. The number of hydrogen-bond donors (Lipinski definition) is 0. The molecule has 0 spiro atoms. The molecule has 0 N–H and O–H groups in total. The quantitative estimate of drug-likeness (QED) is 0.180. The van der Waals surface area contributed by atoms with E-state index in [1.165, 1.54) is 89.2 Å². The summed E-state index contributed by atoms with van der Waals surface area (Å²) in [5, 5.41) is 8.84. The Balaban J connectivity index is 1.09. The van der Waals surface area contributed by atoms with Gasteiger partial charge in [-0.1, -0.05) is 45.4 Å². The summed E-state index contributed by atoms with van der Waals surface area (Å²) >= 11 is 0. The zero-order chi connectivity index (χ0) is 26.0. The summed E-state index contributed by atoms with van der Waals surface area (Å²) in [5.41, 5.74) is -0.0498. The largest absolute Gasteiger partial charge is 0.426 e. The van der Waals surface area contributed by atoms with Gasteiger partial charge < -0.3 is 9.47 Å². The maximum atomic E-state index is 13.8. The molecule has 4 rings (SSSR count). The molecule has 1 aromatic carbocycles. The van der Waals surface area contributed by atoms with Crippen molar-refractivity contribution in [2.45, 2.75) is 116 Å². The third kappa shape index (κ3) is 8.28. The van der Waals surface area contributed by atoms with E-state index in [9.17, 15) is 9.18 Å². The minimum atomic E-state index is -0.663. The van der Waals surface area contributed by atoms with Crippen LogP contribution in [0, 0.1) is 46.7 Å². The van der Waals surface area contributed by atoms with Crippen LogP contribution in [0.5, 0.6) is 5.75 Å². The van der Waals surface area contributed by atoms with Crippen molar-refractivity contribution < 1.29 is 18.7 Å². The van der Waals surface area contributed by atoms with Crippen LogP contribution in [-0.2, 0) is 9.53 Å². The van der Waals surface area contributed by atoms with Crippen LogP contribution in [0.15, 0.2) is 18.2 Å². The molecule has 3 fully saturated rings. The van der Waals surface area contributed by atoms with E-state index in [-0.39, 0.29) is 29.3 Å². The molecule has 3 aliphatic carbocycles. The van der Waals surface area contributed by atoms with E-state index in [0.717, 1.165) is 56.1 Å². The van der Waals surface area contributed by atoms with Crippen LogP contribution < -0.4 is 4.74 Å². The second-order valence-electron chi connectivity index (χ2n) is 12.0. The van der Waals surface area contributed by atoms with Gasteiger partial charge in [-0.25, -0.2) is 4.39 Å². The van der Waals surface area contributed by atoms with E-state index < -0.39 is 5.82 Å². The molecule has 0 heterocycles. The molecule has 0 unspecified atom stereocenters. The lowest BCUT2D eigenvalue weighted by Gasteiger charge is -2.38. The lowest BCUT2D eigenvalue weighted by atomic mass is 9.69. The maximum absolute atomic E-state index is 13.8. The molecule has 0 aliphatic heterocycles. The van der Waals surface area contributed by atoms with Crippen LogP contribution in [0.3, 0.4) is 0 Å². The standard InChI is InChI=1S/C32H46FNO3/c1-2-3-4-5-23-6-10-25(11-7-23)26-12-8-24(9-13-26)22-36-29-17-14-27(15-18-29)32(35)37-30-19-16-28(21-34)31(33)20-30/h16,19-20,23-27,29H,2-15,17-18,22H2,1H3/t23-,24-,25-,26-,27-,29-. The maximum Gasteiger partial charge on any atom is 0.314 e. The SMILES string of the molecule is CCCCC[C@H]1CC[C@H]([C@H]2CC[C@H](CO[C@H]3CC[C@H](C(=O)Oc4ccc(C#N)c(F)c4)CC3)CC2)CC1. The monoisotopic (exact) mass is 511 g/mol. The van der Waals surface area contributed by atoms with Gasteiger partial charge in [-0.15, -0.1) is 0 Å². The number of ether oxygens (including phenoxy) is 2. The molecule has 4 nitrogen and oxygen atoms in total. The van der Waals surface area contributed by atoms with Crippen molar-refractivity contribution in [1.82, 2.24) is 0 Å². The van der Waals surface area contributed by atoms with E-state index in [1.54, 1.807) is 6.07 Å². The third-order valence-corrected chi connectivity index (χ3v) is 9.52. The highest BCUT2D eigenvalue weighted by Gasteiger charge is 2.32. The number of esters is 1. The van der Waals surface area contributed by atoms with Crippen LogP contribution in [0.4, 0.5) is 4.39 Å². The predicted molar refractivity (Wildman–Crippen MR) is 143 cm³/mol. The third-order valence-electron chi connectivity index (χ3n) is 9.52. The van der Waals surface area contributed by atoms with Crippen molar-refractivity contribution in [2.24, 2.45) is 29.6 Å². The molecule has 0 bridgehead atoms. The van der Waals surface area contributed by atoms with Gasteiger partial charge >= 0.3 is 5.97 Å². The highest BCUT2D eigenvalue weighted by molar-refractivity contribution is 5.75. The van der Waals surface area contributed by atoms with Crippen LogP contribution in [-0.4, -0.2) is 18.7 Å². The molecule has 5 heteroatoms.